The van der Waals surface area contributed by atoms with Crippen molar-refractivity contribution in [2.24, 2.45) is 0 Å². The molecule has 0 unspecified atom stereocenters. The monoisotopic (exact) mass is 275 g/mol. The fourth-order valence-corrected chi connectivity index (χ4v) is 1.69. The zero-order valence-corrected chi connectivity index (χ0v) is 11.1. The third-order valence-electron chi connectivity index (χ3n) is 2.87. The maximum Gasteiger partial charge on any atom is 0.255 e. The summed E-state index contributed by atoms with van der Waals surface area (Å²) in [6, 6.07) is 8.69. The molecule has 2 rings (SSSR count). The minimum atomic E-state index is -0.411. The van der Waals surface area contributed by atoms with Crippen molar-refractivity contribution >= 4 is 11.6 Å². The Morgan fingerprint density at radius 1 is 1.25 bits per heavy atom. The van der Waals surface area contributed by atoms with Crippen molar-refractivity contribution in [3.63, 3.8) is 0 Å². The highest BCUT2D eigenvalue weighted by molar-refractivity contribution is 6.04. The molecule has 104 valence electrons. The fraction of sp³-hybridized carbons (Fsp3) is 0.133. The molecule has 0 bridgehead atoms. The smallest absolute Gasteiger partial charge is 0.255 e. The van der Waals surface area contributed by atoms with Crippen LogP contribution in [0.4, 0.5) is 10.1 Å². The van der Waals surface area contributed by atoms with Crippen molar-refractivity contribution in [3.05, 3.63) is 53.3 Å². The first kappa shape index (κ1) is 13.9. The number of ether oxygens (including phenoxy) is 1. The molecule has 4 nitrogen and oxygen atoms in total. The van der Waals surface area contributed by atoms with Gasteiger partial charge >= 0.3 is 0 Å². The van der Waals surface area contributed by atoms with Gasteiger partial charge < -0.3 is 15.2 Å². The summed E-state index contributed by atoms with van der Waals surface area (Å²) in [5, 5.41) is 12.0. The maximum absolute atomic E-state index is 13.4. The third kappa shape index (κ3) is 2.88. The van der Waals surface area contributed by atoms with Gasteiger partial charge in [-0.15, -0.1) is 0 Å². The molecule has 0 aliphatic heterocycles. The number of aromatic hydroxyl groups is 1. The van der Waals surface area contributed by atoms with Gasteiger partial charge in [-0.2, -0.15) is 0 Å². The van der Waals surface area contributed by atoms with Gasteiger partial charge in [-0.05, 0) is 42.8 Å². The molecule has 0 heterocycles. The second-order valence-corrected chi connectivity index (χ2v) is 4.30. The summed E-state index contributed by atoms with van der Waals surface area (Å²) in [5.41, 5.74) is 1.18. The molecule has 1 amide bonds. The van der Waals surface area contributed by atoms with E-state index >= 15 is 0 Å². The Bertz CT molecular complexity index is 656. The van der Waals surface area contributed by atoms with Crippen molar-refractivity contribution < 1.29 is 19.0 Å². The number of halogens is 1. The predicted octanol–water partition coefficient (Wildman–Crippen LogP) is 3.10. The number of amides is 1. The van der Waals surface area contributed by atoms with Crippen LogP contribution in [0, 0.1) is 12.7 Å². The van der Waals surface area contributed by atoms with Gasteiger partial charge in [0.2, 0.25) is 0 Å². The van der Waals surface area contributed by atoms with E-state index in [0.29, 0.717) is 16.8 Å². The zero-order chi connectivity index (χ0) is 14.7. The summed E-state index contributed by atoms with van der Waals surface area (Å²) in [6.07, 6.45) is 0. The number of carbonyl (C=O) groups is 1. The SMILES string of the molecule is COc1cc(C(=O)Nc2ccc(C)c(F)c2)ccc1O. The molecule has 5 heteroatoms. The summed E-state index contributed by atoms with van der Waals surface area (Å²) in [4.78, 5) is 12.0. The summed E-state index contributed by atoms with van der Waals surface area (Å²) >= 11 is 0. The number of aryl methyl sites for hydroxylation is 1. The van der Waals surface area contributed by atoms with Crippen molar-refractivity contribution in [2.45, 2.75) is 6.92 Å². The molecular formula is C15H14FNO3. The maximum atomic E-state index is 13.4. The van der Waals surface area contributed by atoms with Gasteiger partial charge in [0.15, 0.2) is 11.5 Å². The number of methoxy groups -OCH3 is 1. The normalized spacial score (nSPS) is 10.2. The Kier molecular flexibility index (Phi) is 3.89. The van der Waals surface area contributed by atoms with Crippen molar-refractivity contribution in [3.8, 4) is 11.5 Å². The van der Waals surface area contributed by atoms with Crippen molar-refractivity contribution in [1.82, 2.24) is 0 Å². The van der Waals surface area contributed by atoms with Crippen LogP contribution in [-0.2, 0) is 0 Å². The highest BCUT2D eigenvalue weighted by Gasteiger charge is 2.10. The first-order valence-corrected chi connectivity index (χ1v) is 5.96. The van der Waals surface area contributed by atoms with Crippen LogP contribution in [0.5, 0.6) is 11.5 Å². The lowest BCUT2D eigenvalue weighted by Crippen LogP contribution is -2.12. The summed E-state index contributed by atoms with van der Waals surface area (Å²) in [7, 11) is 1.39. The first-order valence-electron chi connectivity index (χ1n) is 5.96. The number of nitrogens with one attached hydrogen (secondary N) is 1. The Balaban J connectivity index is 2.21. The Hall–Kier alpha value is -2.56. The van der Waals surface area contributed by atoms with E-state index in [2.05, 4.69) is 5.32 Å². The molecule has 0 saturated heterocycles. The largest absolute Gasteiger partial charge is 0.504 e. The average Bonchev–Trinajstić information content (AvgIpc) is 2.43. The number of phenols is 1. The lowest BCUT2D eigenvalue weighted by atomic mass is 10.1. The van der Waals surface area contributed by atoms with Gasteiger partial charge in [0.05, 0.1) is 7.11 Å². The van der Waals surface area contributed by atoms with E-state index in [1.165, 1.54) is 31.4 Å². The lowest BCUT2D eigenvalue weighted by Gasteiger charge is -2.08. The Labute approximate surface area is 115 Å². The lowest BCUT2D eigenvalue weighted by molar-refractivity contribution is 0.102. The minimum absolute atomic E-state index is 0.0505. The van der Waals surface area contributed by atoms with E-state index in [-0.39, 0.29) is 17.3 Å². The summed E-state index contributed by atoms with van der Waals surface area (Å²) in [5.74, 6) is -0.643. The van der Waals surface area contributed by atoms with Crippen LogP contribution in [0.25, 0.3) is 0 Å². The molecule has 0 aliphatic carbocycles. The average molecular weight is 275 g/mol. The van der Waals surface area contributed by atoms with Crippen LogP contribution >= 0.6 is 0 Å². The van der Waals surface area contributed by atoms with Crippen LogP contribution in [0.15, 0.2) is 36.4 Å². The summed E-state index contributed by atoms with van der Waals surface area (Å²) < 4.78 is 18.3. The van der Waals surface area contributed by atoms with E-state index in [0.717, 1.165) is 0 Å². The van der Waals surface area contributed by atoms with Crippen LogP contribution in [-0.4, -0.2) is 18.1 Å². The molecule has 0 atom stereocenters. The van der Waals surface area contributed by atoms with Gasteiger partial charge in [-0.1, -0.05) is 6.07 Å². The number of hydrogen-bond acceptors (Lipinski definition) is 3. The van der Waals surface area contributed by atoms with E-state index in [4.69, 9.17) is 4.74 Å². The molecule has 0 aromatic heterocycles. The number of carbonyl (C=O) groups excluding carboxylic acids is 1. The van der Waals surface area contributed by atoms with E-state index in [1.54, 1.807) is 19.1 Å². The molecule has 0 aliphatic rings. The van der Waals surface area contributed by atoms with Gasteiger partial charge in [-0.3, -0.25) is 4.79 Å². The molecule has 2 aromatic carbocycles. The molecule has 0 saturated carbocycles. The van der Waals surface area contributed by atoms with E-state index in [9.17, 15) is 14.3 Å². The fourth-order valence-electron chi connectivity index (χ4n) is 1.69. The van der Waals surface area contributed by atoms with Crippen LogP contribution < -0.4 is 10.1 Å². The molecule has 2 aromatic rings. The molecule has 20 heavy (non-hydrogen) atoms. The minimum Gasteiger partial charge on any atom is -0.504 e. The number of hydrogen-bond donors (Lipinski definition) is 2. The highest BCUT2D eigenvalue weighted by Crippen LogP contribution is 2.26. The molecule has 0 radical (unpaired) electrons. The van der Waals surface area contributed by atoms with E-state index in [1.807, 2.05) is 0 Å². The van der Waals surface area contributed by atoms with Gasteiger partial charge in [-0.25, -0.2) is 4.39 Å². The predicted molar refractivity (Wildman–Crippen MR) is 73.7 cm³/mol. The molecular weight excluding hydrogens is 261 g/mol. The number of rotatable bonds is 3. The molecule has 0 spiro atoms. The third-order valence-corrected chi connectivity index (χ3v) is 2.87. The van der Waals surface area contributed by atoms with Gasteiger partial charge in [0, 0.05) is 11.3 Å². The number of anilines is 1. The quantitative estimate of drug-likeness (QED) is 0.905. The highest BCUT2D eigenvalue weighted by atomic mass is 19.1. The molecule has 2 N–H and O–H groups in total. The number of benzene rings is 2. The second kappa shape index (κ2) is 5.61. The van der Waals surface area contributed by atoms with Crippen molar-refractivity contribution in [1.29, 1.82) is 0 Å². The topological polar surface area (TPSA) is 58.6 Å². The van der Waals surface area contributed by atoms with Crippen LogP contribution in [0.2, 0.25) is 0 Å². The summed E-state index contributed by atoms with van der Waals surface area (Å²) in [6.45, 7) is 1.64. The Morgan fingerprint density at radius 3 is 2.65 bits per heavy atom. The second-order valence-electron chi connectivity index (χ2n) is 4.30. The van der Waals surface area contributed by atoms with Gasteiger partial charge in [0.1, 0.15) is 5.82 Å². The Morgan fingerprint density at radius 2 is 2.00 bits per heavy atom. The van der Waals surface area contributed by atoms with Crippen LogP contribution in [0.1, 0.15) is 15.9 Å². The van der Waals surface area contributed by atoms with Crippen molar-refractivity contribution in [2.75, 3.05) is 12.4 Å². The standard InChI is InChI=1S/C15H14FNO3/c1-9-3-5-11(8-12(9)16)17-15(19)10-4-6-13(18)14(7-10)20-2/h3-8,18H,1-2H3,(H,17,19). The first-order chi connectivity index (χ1) is 9.51. The van der Waals surface area contributed by atoms with Crippen LogP contribution in [0.3, 0.4) is 0 Å². The molecule has 0 fully saturated rings. The zero-order valence-electron chi connectivity index (χ0n) is 11.1. The number of phenolic OH excluding ortho intramolecular Hbond substituents is 1. The van der Waals surface area contributed by atoms with E-state index < -0.39 is 5.91 Å². The van der Waals surface area contributed by atoms with Gasteiger partial charge in [0.25, 0.3) is 5.91 Å².